The Bertz CT molecular complexity index is 498. The van der Waals surface area contributed by atoms with Gasteiger partial charge in [0, 0.05) is 25.5 Å². The summed E-state index contributed by atoms with van der Waals surface area (Å²) in [5.41, 5.74) is 0.336. The van der Waals surface area contributed by atoms with Crippen LogP contribution in [0.4, 0.5) is 4.79 Å². The Morgan fingerprint density at radius 2 is 2.00 bits per heavy atom. The van der Waals surface area contributed by atoms with Crippen LogP contribution in [0.2, 0.25) is 0 Å². The first-order valence-electron chi connectivity index (χ1n) is 6.44. The van der Waals surface area contributed by atoms with Crippen LogP contribution < -0.4 is 0 Å². The van der Waals surface area contributed by atoms with E-state index in [2.05, 4.69) is 17.1 Å². The molecule has 102 valence electrons. The molecule has 0 atom stereocenters. The summed E-state index contributed by atoms with van der Waals surface area (Å²) in [7, 11) is 0. The lowest BCUT2D eigenvalue weighted by atomic mass is 10.2. The molecule has 0 radical (unpaired) electrons. The van der Waals surface area contributed by atoms with Crippen molar-refractivity contribution >= 4 is 12.2 Å². The number of carbonyl (C=O) groups is 1. The van der Waals surface area contributed by atoms with Gasteiger partial charge >= 0.3 is 6.09 Å². The maximum atomic E-state index is 12.0. The third kappa shape index (κ3) is 3.74. The average Bonchev–Trinajstić information content (AvgIpc) is 2.95. The Balaban J connectivity index is 2.07. The minimum atomic E-state index is -0.485. The van der Waals surface area contributed by atoms with E-state index in [9.17, 15) is 4.79 Å². The van der Waals surface area contributed by atoms with E-state index < -0.39 is 5.60 Å². The van der Waals surface area contributed by atoms with E-state index in [1.165, 1.54) is 4.57 Å². The predicted molar refractivity (Wildman–Crippen MR) is 75.8 cm³/mol. The van der Waals surface area contributed by atoms with Crippen molar-refractivity contribution in [3.05, 3.63) is 42.4 Å². The summed E-state index contributed by atoms with van der Waals surface area (Å²) in [6.45, 7) is 7.42. The molecule has 4 nitrogen and oxygen atoms in total. The highest BCUT2D eigenvalue weighted by atomic mass is 16.6. The fourth-order valence-corrected chi connectivity index (χ4v) is 1.81. The van der Waals surface area contributed by atoms with Gasteiger partial charge in [-0.3, -0.25) is 4.57 Å². The second kappa shape index (κ2) is 5.34. The molecule has 1 aliphatic heterocycles. The highest BCUT2D eigenvalue weighted by Gasteiger charge is 2.18. The van der Waals surface area contributed by atoms with Crippen LogP contribution in [-0.4, -0.2) is 34.3 Å². The number of rotatable bonds is 2. The van der Waals surface area contributed by atoms with Crippen LogP contribution in [0.25, 0.3) is 6.08 Å². The van der Waals surface area contributed by atoms with Crippen LogP contribution in [0, 0.1) is 0 Å². The quantitative estimate of drug-likeness (QED) is 0.766. The molecule has 0 spiro atoms. The second-order valence-corrected chi connectivity index (χ2v) is 5.52. The molecule has 1 aliphatic rings. The highest BCUT2D eigenvalue weighted by molar-refractivity contribution is 5.74. The average molecular weight is 260 g/mol. The van der Waals surface area contributed by atoms with Gasteiger partial charge in [-0.2, -0.15) is 0 Å². The van der Waals surface area contributed by atoms with Crippen molar-refractivity contribution < 1.29 is 9.53 Å². The van der Waals surface area contributed by atoms with Gasteiger partial charge < -0.3 is 9.64 Å². The molecular weight excluding hydrogens is 240 g/mol. The molecule has 0 aromatic carbocycles. The van der Waals surface area contributed by atoms with Gasteiger partial charge in [-0.05, 0) is 39.0 Å². The van der Waals surface area contributed by atoms with Crippen LogP contribution in [0.3, 0.4) is 0 Å². The molecule has 0 aliphatic carbocycles. The summed E-state index contributed by atoms with van der Waals surface area (Å²) in [4.78, 5) is 14.2. The number of carbonyl (C=O) groups excluding carboxylic acids is 1. The van der Waals surface area contributed by atoms with Crippen LogP contribution in [-0.2, 0) is 4.74 Å². The maximum Gasteiger partial charge on any atom is 0.418 e. The van der Waals surface area contributed by atoms with Gasteiger partial charge in [0.15, 0.2) is 0 Å². The lowest BCUT2D eigenvalue weighted by molar-refractivity contribution is 0.0536. The first-order chi connectivity index (χ1) is 8.96. The fraction of sp³-hybridized carbons (Fsp3) is 0.400. The van der Waals surface area contributed by atoms with E-state index in [-0.39, 0.29) is 6.09 Å². The fourth-order valence-electron chi connectivity index (χ4n) is 1.81. The monoisotopic (exact) mass is 260 g/mol. The molecule has 0 amide bonds. The van der Waals surface area contributed by atoms with E-state index in [0.29, 0.717) is 0 Å². The Labute approximate surface area is 114 Å². The highest BCUT2D eigenvalue weighted by Crippen LogP contribution is 2.13. The summed E-state index contributed by atoms with van der Waals surface area (Å²) < 4.78 is 6.88. The minimum Gasteiger partial charge on any atom is -0.443 e. The Morgan fingerprint density at radius 3 is 2.63 bits per heavy atom. The number of ether oxygens (including phenoxy) is 1. The van der Waals surface area contributed by atoms with Gasteiger partial charge in [-0.25, -0.2) is 4.79 Å². The summed E-state index contributed by atoms with van der Waals surface area (Å²) in [5, 5.41) is 0. The molecule has 0 bridgehead atoms. The third-order valence-electron chi connectivity index (χ3n) is 2.67. The molecule has 0 saturated heterocycles. The number of aromatic nitrogens is 1. The topological polar surface area (TPSA) is 34.5 Å². The van der Waals surface area contributed by atoms with Crippen LogP contribution >= 0.6 is 0 Å². The molecule has 0 N–H and O–H groups in total. The van der Waals surface area contributed by atoms with Crippen molar-refractivity contribution in [2.24, 2.45) is 0 Å². The summed E-state index contributed by atoms with van der Waals surface area (Å²) >= 11 is 0. The SMILES string of the molecule is CC(C)(C)OC(=O)n1cccc1/C=C/N1CC=CC1. The number of nitrogens with zero attached hydrogens (tertiary/aromatic N) is 2. The summed E-state index contributed by atoms with van der Waals surface area (Å²) in [6.07, 6.45) is 9.54. The molecule has 1 aromatic heterocycles. The summed E-state index contributed by atoms with van der Waals surface area (Å²) in [6, 6.07) is 3.73. The van der Waals surface area contributed by atoms with Crippen LogP contribution in [0.5, 0.6) is 0 Å². The first kappa shape index (κ1) is 13.5. The lowest BCUT2D eigenvalue weighted by Gasteiger charge is -2.20. The van der Waals surface area contributed by atoms with Crippen molar-refractivity contribution in [1.29, 1.82) is 0 Å². The van der Waals surface area contributed by atoms with Gasteiger partial charge in [-0.1, -0.05) is 12.2 Å². The molecule has 1 aromatic rings. The lowest BCUT2D eigenvalue weighted by Crippen LogP contribution is -2.27. The van der Waals surface area contributed by atoms with Gasteiger partial charge in [0.05, 0.1) is 5.69 Å². The van der Waals surface area contributed by atoms with Crippen molar-refractivity contribution in [2.75, 3.05) is 13.1 Å². The Kier molecular flexibility index (Phi) is 3.79. The van der Waals surface area contributed by atoms with E-state index in [4.69, 9.17) is 4.74 Å². The van der Waals surface area contributed by atoms with Gasteiger partial charge in [0.25, 0.3) is 0 Å². The largest absolute Gasteiger partial charge is 0.443 e. The molecule has 0 saturated carbocycles. The Morgan fingerprint density at radius 1 is 1.32 bits per heavy atom. The predicted octanol–water partition coefficient (Wildman–Crippen LogP) is 3.11. The maximum absolute atomic E-state index is 12.0. The van der Waals surface area contributed by atoms with Crippen molar-refractivity contribution in [1.82, 2.24) is 9.47 Å². The molecular formula is C15H20N2O2. The smallest absolute Gasteiger partial charge is 0.418 e. The van der Waals surface area contributed by atoms with E-state index in [0.717, 1.165) is 18.8 Å². The zero-order valence-electron chi connectivity index (χ0n) is 11.7. The third-order valence-corrected chi connectivity index (χ3v) is 2.67. The first-order valence-corrected chi connectivity index (χ1v) is 6.44. The Hall–Kier alpha value is -1.97. The standard InChI is InChI=1S/C15H20N2O2/c1-15(2,3)19-14(18)17-11-6-7-13(17)8-12-16-9-4-5-10-16/h4-8,11-12H,9-10H2,1-3H3/b12-8+. The zero-order valence-corrected chi connectivity index (χ0v) is 11.7. The van der Waals surface area contributed by atoms with E-state index >= 15 is 0 Å². The van der Waals surface area contributed by atoms with E-state index in [1.54, 1.807) is 6.20 Å². The summed E-state index contributed by atoms with van der Waals surface area (Å²) in [5.74, 6) is 0. The molecule has 0 unspecified atom stereocenters. The van der Waals surface area contributed by atoms with Gasteiger partial charge in [-0.15, -0.1) is 0 Å². The zero-order chi connectivity index (χ0) is 13.9. The van der Waals surface area contributed by atoms with Gasteiger partial charge in [0.1, 0.15) is 5.60 Å². The molecule has 2 rings (SSSR count). The van der Waals surface area contributed by atoms with Crippen molar-refractivity contribution in [3.8, 4) is 0 Å². The van der Waals surface area contributed by atoms with Crippen molar-refractivity contribution in [2.45, 2.75) is 26.4 Å². The number of hydrogen-bond donors (Lipinski definition) is 0. The van der Waals surface area contributed by atoms with E-state index in [1.807, 2.05) is 45.2 Å². The molecule has 4 heteroatoms. The second-order valence-electron chi connectivity index (χ2n) is 5.52. The minimum absolute atomic E-state index is 0.350. The van der Waals surface area contributed by atoms with Crippen LogP contribution in [0.15, 0.2) is 36.7 Å². The molecule has 19 heavy (non-hydrogen) atoms. The number of hydrogen-bond acceptors (Lipinski definition) is 3. The molecule has 2 heterocycles. The molecule has 0 fully saturated rings. The van der Waals surface area contributed by atoms with Crippen LogP contribution in [0.1, 0.15) is 26.5 Å². The van der Waals surface area contributed by atoms with Crippen molar-refractivity contribution in [3.63, 3.8) is 0 Å². The normalized spacial score (nSPS) is 15.4. The van der Waals surface area contributed by atoms with Gasteiger partial charge in [0.2, 0.25) is 0 Å².